The van der Waals surface area contributed by atoms with Gasteiger partial charge in [-0.05, 0) is 30.3 Å². The highest BCUT2D eigenvalue weighted by atomic mass is 35.5. The number of halogens is 1. The molecule has 4 rings (SSSR count). The van der Waals surface area contributed by atoms with Crippen molar-refractivity contribution >= 4 is 22.6 Å². The molecule has 4 aromatic rings. The van der Waals surface area contributed by atoms with Gasteiger partial charge in [0, 0.05) is 11.1 Å². The second kappa shape index (κ2) is 6.61. The van der Waals surface area contributed by atoms with E-state index in [1.165, 1.54) is 0 Å². The number of hydrogen-bond donors (Lipinski definition) is 0. The molecule has 124 valence electrons. The first-order valence-corrected chi connectivity index (χ1v) is 8.48. The zero-order valence-corrected chi connectivity index (χ0v) is 14.6. The molecule has 0 unspecified atom stereocenters. The van der Waals surface area contributed by atoms with Crippen LogP contribution in [0.5, 0.6) is 5.75 Å². The highest BCUT2D eigenvalue weighted by Crippen LogP contribution is 2.31. The Morgan fingerprint density at radius 1 is 0.920 bits per heavy atom. The van der Waals surface area contributed by atoms with Crippen LogP contribution in [-0.2, 0) is 6.54 Å². The molecule has 1 aromatic heterocycles. The van der Waals surface area contributed by atoms with E-state index in [2.05, 4.69) is 16.7 Å². The predicted octanol–water partition coefficient (Wildman–Crippen LogP) is 5.41. The number of methoxy groups -OCH3 is 1. The maximum absolute atomic E-state index is 6.44. The molecule has 0 aliphatic carbocycles. The van der Waals surface area contributed by atoms with Gasteiger partial charge >= 0.3 is 0 Å². The molecule has 0 atom stereocenters. The summed E-state index contributed by atoms with van der Waals surface area (Å²) < 4.78 is 7.70. The number of aromatic nitrogens is 2. The van der Waals surface area contributed by atoms with Crippen LogP contribution in [0.1, 0.15) is 5.56 Å². The van der Waals surface area contributed by atoms with Gasteiger partial charge in [-0.15, -0.1) is 0 Å². The summed E-state index contributed by atoms with van der Waals surface area (Å²) in [6, 6.07) is 24.0. The van der Waals surface area contributed by atoms with Crippen molar-refractivity contribution in [2.75, 3.05) is 7.11 Å². The van der Waals surface area contributed by atoms with Crippen LogP contribution in [0.25, 0.3) is 22.4 Å². The summed E-state index contributed by atoms with van der Waals surface area (Å²) in [7, 11) is 1.69. The lowest BCUT2D eigenvalue weighted by Gasteiger charge is -2.13. The number of hydrogen-bond acceptors (Lipinski definition) is 2. The van der Waals surface area contributed by atoms with Gasteiger partial charge in [0.05, 0.1) is 29.7 Å². The van der Waals surface area contributed by atoms with Crippen molar-refractivity contribution in [3.63, 3.8) is 0 Å². The molecule has 0 aliphatic rings. The third kappa shape index (κ3) is 2.87. The molecule has 0 saturated carbocycles. The van der Waals surface area contributed by atoms with E-state index >= 15 is 0 Å². The first-order valence-electron chi connectivity index (χ1n) is 8.10. The predicted molar refractivity (Wildman–Crippen MR) is 102 cm³/mol. The summed E-state index contributed by atoms with van der Waals surface area (Å²) >= 11 is 6.44. The second-order valence-electron chi connectivity index (χ2n) is 5.80. The molecule has 0 aliphatic heterocycles. The maximum Gasteiger partial charge on any atom is 0.142 e. The number of ether oxygens (including phenoxy) is 1. The molecule has 0 saturated heterocycles. The van der Waals surface area contributed by atoms with Crippen LogP contribution >= 0.6 is 11.6 Å². The minimum Gasteiger partial charge on any atom is -0.496 e. The molecule has 0 amide bonds. The van der Waals surface area contributed by atoms with Crippen molar-refractivity contribution in [1.29, 1.82) is 0 Å². The van der Waals surface area contributed by atoms with E-state index in [9.17, 15) is 0 Å². The van der Waals surface area contributed by atoms with Crippen molar-refractivity contribution in [1.82, 2.24) is 9.55 Å². The topological polar surface area (TPSA) is 27.1 Å². The average Bonchev–Trinajstić information content (AvgIpc) is 3.01. The van der Waals surface area contributed by atoms with Gasteiger partial charge in [0.2, 0.25) is 0 Å². The van der Waals surface area contributed by atoms with Crippen molar-refractivity contribution in [3.05, 3.63) is 83.4 Å². The zero-order chi connectivity index (χ0) is 17.2. The Balaban J connectivity index is 1.93. The summed E-state index contributed by atoms with van der Waals surface area (Å²) in [5.41, 5.74) is 4.05. The van der Waals surface area contributed by atoms with E-state index in [-0.39, 0.29) is 0 Å². The Labute approximate surface area is 151 Å². The Morgan fingerprint density at radius 2 is 1.64 bits per heavy atom. The minimum atomic E-state index is 0.658. The Morgan fingerprint density at radius 3 is 2.48 bits per heavy atom. The number of nitrogens with zero attached hydrogens (tertiary/aromatic N) is 2. The van der Waals surface area contributed by atoms with Crippen LogP contribution in [0.4, 0.5) is 0 Å². The average molecular weight is 349 g/mol. The van der Waals surface area contributed by atoms with Crippen LogP contribution in [-0.4, -0.2) is 16.7 Å². The molecule has 3 aromatic carbocycles. The zero-order valence-electron chi connectivity index (χ0n) is 13.8. The summed E-state index contributed by atoms with van der Waals surface area (Å²) in [6.07, 6.45) is 0. The SMILES string of the molecule is COc1ccccc1Cn1c(-c2ccccc2Cl)nc2ccccc21. The van der Waals surface area contributed by atoms with Crippen molar-refractivity contribution in [2.45, 2.75) is 6.54 Å². The third-order valence-corrected chi connectivity index (χ3v) is 4.62. The van der Waals surface area contributed by atoms with Gasteiger partial charge in [-0.2, -0.15) is 0 Å². The second-order valence-corrected chi connectivity index (χ2v) is 6.21. The van der Waals surface area contributed by atoms with Gasteiger partial charge in [-0.25, -0.2) is 4.98 Å². The van der Waals surface area contributed by atoms with Gasteiger partial charge in [-0.1, -0.05) is 54.1 Å². The minimum absolute atomic E-state index is 0.658. The Kier molecular flexibility index (Phi) is 4.16. The monoisotopic (exact) mass is 348 g/mol. The van der Waals surface area contributed by atoms with Crippen LogP contribution in [0.3, 0.4) is 0 Å². The molecule has 0 spiro atoms. The van der Waals surface area contributed by atoms with E-state index in [4.69, 9.17) is 21.3 Å². The lowest BCUT2D eigenvalue weighted by molar-refractivity contribution is 0.408. The number of fused-ring (bicyclic) bond motifs is 1. The summed E-state index contributed by atoms with van der Waals surface area (Å²) in [5, 5.41) is 0.694. The van der Waals surface area contributed by atoms with E-state index in [1.807, 2.05) is 60.7 Å². The summed E-state index contributed by atoms with van der Waals surface area (Å²) in [4.78, 5) is 4.83. The highest BCUT2D eigenvalue weighted by Gasteiger charge is 2.16. The van der Waals surface area contributed by atoms with E-state index in [0.717, 1.165) is 33.7 Å². The van der Waals surface area contributed by atoms with Crippen LogP contribution in [0, 0.1) is 0 Å². The normalized spacial score (nSPS) is 11.0. The van der Waals surface area contributed by atoms with Crippen LogP contribution < -0.4 is 4.74 Å². The standard InChI is InChI=1S/C21H17ClN2O/c1-25-20-13-7-2-8-15(20)14-24-19-12-6-5-11-18(19)23-21(24)16-9-3-4-10-17(16)22/h2-13H,14H2,1H3. The smallest absolute Gasteiger partial charge is 0.142 e. The highest BCUT2D eigenvalue weighted by molar-refractivity contribution is 6.33. The largest absolute Gasteiger partial charge is 0.496 e. The molecule has 0 bridgehead atoms. The van der Waals surface area contributed by atoms with Crippen molar-refractivity contribution < 1.29 is 4.74 Å². The lowest BCUT2D eigenvalue weighted by Crippen LogP contribution is -2.04. The van der Waals surface area contributed by atoms with E-state index in [0.29, 0.717) is 11.6 Å². The van der Waals surface area contributed by atoms with Crippen LogP contribution in [0.15, 0.2) is 72.8 Å². The van der Waals surface area contributed by atoms with Gasteiger partial charge in [0.15, 0.2) is 0 Å². The molecule has 3 nitrogen and oxygen atoms in total. The van der Waals surface area contributed by atoms with Gasteiger partial charge in [-0.3, -0.25) is 0 Å². The maximum atomic E-state index is 6.44. The molecule has 0 radical (unpaired) electrons. The Hall–Kier alpha value is -2.78. The molecule has 4 heteroatoms. The fourth-order valence-corrected chi connectivity index (χ4v) is 3.31. The number of benzene rings is 3. The molecule has 25 heavy (non-hydrogen) atoms. The third-order valence-electron chi connectivity index (χ3n) is 4.29. The first kappa shape index (κ1) is 15.7. The molecular formula is C21H17ClN2O. The van der Waals surface area contributed by atoms with Crippen molar-refractivity contribution in [3.8, 4) is 17.1 Å². The van der Waals surface area contributed by atoms with Crippen molar-refractivity contribution in [2.24, 2.45) is 0 Å². The van der Waals surface area contributed by atoms with E-state index < -0.39 is 0 Å². The quantitative estimate of drug-likeness (QED) is 0.492. The summed E-state index contributed by atoms with van der Waals surface area (Å²) in [6.45, 7) is 0.658. The van der Waals surface area contributed by atoms with Crippen LogP contribution in [0.2, 0.25) is 5.02 Å². The number of imidazole rings is 1. The summed E-state index contributed by atoms with van der Waals surface area (Å²) in [5.74, 6) is 1.73. The van der Waals surface area contributed by atoms with Gasteiger partial charge < -0.3 is 9.30 Å². The fraction of sp³-hybridized carbons (Fsp3) is 0.0952. The van der Waals surface area contributed by atoms with Gasteiger partial charge in [0.25, 0.3) is 0 Å². The fourth-order valence-electron chi connectivity index (χ4n) is 3.09. The van der Waals surface area contributed by atoms with Gasteiger partial charge in [0.1, 0.15) is 11.6 Å². The number of para-hydroxylation sites is 3. The molecule has 0 N–H and O–H groups in total. The molecule has 0 fully saturated rings. The molecule has 1 heterocycles. The molecular weight excluding hydrogens is 332 g/mol. The lowest BCUT2D eigenvalue weighted by atomic mass is 10.1. The van der Waals surface area contributed by atoms with E-state index in [1.54, 1.807) is 7.11 Å². The Bertz CT molecular complexity index is 1040. The first-order chi connectivity index (χ1) is 12.3. The number of rotatable bonds is 4.